The highest BCUT2D eigenvalue weighted by atomic mass is 16.2. The Morgan fingerprint density at radius 3 is 2.61 bits per heavy atom. The molecule has 0 N–H and O–H groups in total. The average molecular weight is 315 g/mol. The molecule has 0 atom stereocenters. The second-order valence-electron chi connectivity index (χ2n) is 6.38. The number of rotatable bonds is 4. The summed E-state index contributed by atoms with van der Waals surface area (Å²) in [4.78, 5) is 28.5. The molecular formula is C16H21N5O2. The van der Waals surface area contributed by atoms with Crippen molar-refractivity contribution in [3.05, 3.63) is 34.9 Å². The number of hydrogen-bond acceptors (Lipinski definition) is 4. The van der Waals surface area contributed by atoms with Crippen LogP contribution in [0.25, 0.3) is 5.65 Å². The Hall–Kier alpha value is -2.15. The first-order valence-corrected chi connectivity index (χ1v) is 8.28. The van der Waals surface area contributed by atoms with Gasteiger partial charge in [-0.15, -0.1) is 5.10 Å². The van der Waals surface area contributed by atoms with Gasteiger partial charge in [0.15, 0.2) is 5.65 Å². The average Bonchev–Trinajstić information content (AvgIpc) is 3.39. The van der Waals surface area contributed by atoms with Crippen LogP contribution >= 0.6 is 0 Å². The summed E-state index contributed by atoms with van der Waals surface area (Å²) in [6.07, 6.45) is 3.87. The lowest BCUT2D eigenvalue weighted by atomic mass is 10.2. The summed E-state index contributed by atoms with van der Waals surface area (Å²) in [5.74, 6) is 0.638. The lowest BCUT2D eigenvalue weighted by molar-refractivity contribution is -0.134. The van der Waals surface area contributed by atoms with Gasteiger partial charge in [-0.25, -0.2) is 9.48 Å². The minimum atomic E-state index is -0.0943. The van der Waals surface area contributed by atoms with Gasteiger partial charge in [-0.1, -0.05) is 6.07 Å². The third-order valence-electron chi connectivity index (χ3n) is 4.73. The van der Waals surface area contributed by atoms with Crippen molar-refractivity contribution in [3.63, 3.8) is 0 Å². The molecule has 1 amide bonds. The molecule has 0 unspecified atom stereocenters. The van der Waals surface area contributed by atoms with Crippen molar-refractivity contribution in [2.24, 2.45) is 5.92 Å². The summed E-state index contributed by atoms with van der Waals surface area (Å²) in [5.41, 5.74) is 0.584. The van der Waals surface area contributed by atoms with Crippen LogP contribution < -0.4 is 5.69 Å². The van der Waals surface area contributed by atoms with Crippen LogP contribution in [0.5, 0.6) is 0 Å². The van der Waals surface area contributed by atoms with Crippen LogP contribution in [0.15, 0.2) is 29.2 Å². The molecule has 7 heteroatoms. The van der Waals surface area contributed by atoms with Crippen molar-refractivity contribution >= 4 is 11.6 Å². The smallest absolute Gasteiger partial charge is 0.340 e. The number of fused-ring (bicyclic) bond motifs is 1. The Kier molecular flexibility index (Phi) is 3.65. The predicted octanol–water partition coefficient (Wildman–Crippen LogP) is 0.0502. The number of pyridine rings is 1. The van der Waals surface area contributed by atoms with Crippen molar-refractivity contribution in [3.8, 4) is 0 Å². The van der Waals surface area contributed by atoms with Crippen LogP contribution in [0.2, 0.25) is 0 Å². The monoisotopic (exact) mass is 315 g/mol. The molecule has 2 aromatic heterocycles. The van der Waals surface area contributed by atoms with Crippen LogP contribution in [0.1, 0.15) is 12.8 Å². The van der Waals surface area contributed by atoms with Gasteiger partial charge in [0.2, 0.25) is 5.91 Å². The summed E-state index contributed by atoms with van der Waals surface area (Å²) in [6.45, 7) is 4.72. The van der Waals surface area contributed by atoms with E-state index >= 15 is 0 Å². The molecule has 1 aliphatic carbocycles. The molecule has 2 aromatic rings. The molecule has 0 bridgehead atoms. The van der Waals surface area contributed by atoms with Crippen molar-refractivity contribution in [2.75, 3.05) is 32.7 Å². The van der Waals surface area contributed by atoms with Crippen molar-refractivity contribution in [2.45, 2.75) is 19.4 Å². The SMILES string of the molecule is O=C(C1CC1)N1CCN(CCn2nc3ccccn3c2=O)CC1. The second-order valence-corrected chi connectivity index (χ2v) is 6.38. The predicted molar refractivity (Wildman–Crippen MR) is 85.2 cm³/mol. The van der Waals surface area contributed by atoms with Crippen LogP contribution in [-0.2, 0) is 11.3 Å². The molecule has 1 saturated heterocycles. The van der Waals surface area contributed by atoms with Crippen LogP contribution in [0, 0.1) is 5.92 Å². The number of aromatic nitrogens is 3. The van der Waals surface area contributed by atoms with E-state index in [1.54, 1.807) is 10.6 Å². The Morgan fingerprint density at radius 1 is 1.13 bits per heavy atom. The lowest BCUT2D eigenvalue weighted by Crippen LogP contribution is -2.50. The van der Waals surface area contributed by atoms with Gasteiger partial charge in [0.05, 0.1) is 6.54 Å². The third kappa shape index (κ3) is 2.88. The largest absolute Gasteiger partial charge is 0.350 e. The normalized spacial score (nSPS) is 19.4. The van der Waals surface area contributed by atoms with Gasteiger partial charge in [-0.2, -0.15) is 0 Å². The zero-order chi connectivity index (χ0) is 15.8. The number of hydrogen-bond donors (Lipinski definition) is 0. The van der Waals surface area contributed by atoms with Crippen molar-refractivity contribution < 1.29 is 4.79 Å². The Labute approximate surface area is 134 Å². The molecule has 2 aliphatic rings. The molecule has 122 valence electrons. The second kappa shape index (κ2) is 5.81. The first kappa shape index (κ1) is 14.4. The maximum atomic E-state index is 12.2. The number of carbonyl (C=O) groups is 1. The van der Waals surface area contributed by atoms with E-state index in [1.807, 2.05) is 23.1 Å². The summed E-state index contributed by atoms with van der Waals surface area (Å²) in [5, 5.41) is 4.35. The lowest BCUT2D eigenvalue weighted by Gasteiger charge is -2.34. The van der Waals surface area contributed by atoms with Gasteiger partial charge < -0.3 is 4.90 Å². The molecule has 1 saturated carbocycles. The highest BCUT2D eigenvalue weighted by Gasteiger charge is 2.34. The maximum Gasteiger partial charge on any atom is 0.350 e. The van der Waals surface area contributed by atoms with E-state index in [9.17, 15) is 9.59 Å². The molecule has 1 aliphatic heterocycles. The van der Waals surface area contributed by atoms with E-state index in [2.05, 4.69) is 10.00 Å². The molecule has 23 heavy (non-hydrogen) atoms. The fraction of sp³-hybridized carbons (Fsp3) is 0.562. The van der Waals surface area contributed by atoms with E-state index in [4.69, 9.17) is 0 Å². The minimum absolute atomic E-state index is 0.0943. The Bertz CT molecular complexity index is 768. The number of piperazine rings is 1. The molecule has 4 rings (SSSR count). The van der Waals surface area contributed by atoms with Crippen LogP contribution in [-0.4, -0.2) is 62.6 Å². The topological polar surface area (TPSA) is 62.9 Å². The highest BCUT2D eigenvalue weighted by Crippen LogP contribution is 2.31. The highest BCUT2D eigenvalue weighted by molar-refractivity contribution is 5.81. The molecule has 0 spiro atoms. The van der Waals surface area contributed by atoms with Crippen molar-refractivity contribution in [1.29, 1.82) is 0 Å². The summed E-state index contributed by atoms with van der Waals surface area (Å²) in [6, 6.07) is 5.54. The summed E-state index contributed by atoms with van der Waals surface area (Å²) < 4.78 is 3.09. The van der Waals surface area contributed by atoms with E-state index in [0.717, 1.165) is 45.6 Å². The van der Waals surface area contributed by atoms with E-state index in [1.165, 1.54) is 4.68 Å². The maximum absolute atomic E-state index is 12.2. The first-order valence-electron chi connectivity index (χ1n) is 8.28. The molecule has 0 aromatic carbocycles. The fourth-order valence-corrected chi connectivity index (χ4v) is 3.13. The van der Waals surface area contributed by atoms with E-state index < -0.39 is 0 Å². The first-order chi connectivity index (χ1) is 11.2. The number of nitrogens with zero attached hydrogens (tertiary/aromatic N) is 5. The van der Waals surface area contributed by atoms with E-state index in [0.29, 0.717) is 24.0 Å². The molecule has 3 heterocycles. The quantitative estimate of drug-likeness (QED) is 0.800. The Morgan fingerprint density at radius 2 is 1.91 bits per heavy atom. The number of amides is 1. The molecule has 2 fully saturated rings. The molecule has 0 radical (unpaired) electrons. The number of carbonyl (C=O) groups excluding carboxylic acids is 1. The summed E-state index contributed by atoms with van der Waals surface area (Å²) >= 11 is 0. The molecular weight excluding hydrogens is 294 g/mol. The van der Waals surface area contributed by atoms with Gasteiger partial charge in [-0.05, 0) is 25.0 Å². The molecule has 7 nitrogen and oxygen atoms in total. The van der Waals surface area contributed by atoms with Gasteiger partial charge in [-0.3, -0.25) is 14.1 Å². The van der Waals surface area contributed by atoms with Crippen LogP contribution in [0.3, 0.4) is 0 Å². The third-order valence-corrected chi connectivity index (χ3v) is 4.73. The zero-order valence-corrected chi connectivity index (χ0v) is 13.1. The van der Waals surface area contributed by atoms with Crippen molar-refractivity contribution in [1.82, 2.24) is 24.0 Å². The van der Waals surface area contributed by atoms with Gasteiger partial charge in [0, 0.05) is 44.8 Å². The zero-order valence-electron chi connectivity index (χ0n) is 13.1. The fourth-order valence-electron chi connectivity index (χ4n) is 3.13. The van der Waals surface area contributed by atoms with E-state index in [-0.39, 0.29) is 5.69 Å². The Balaban J connectivity index is 1.33. The summed E-state index contributed by atoms with van der Waals surface area (Å²) in [7, 11) is 0. The minimum Gasteiger partial charge on any atom is -0.340 e. The van der Waals surface area contributed by atoms with Gasteiger partial charge >= 0.3 is 5.69 Å². The van der Waals surface area contributed by atoms with Gasteiger partial charge in [0.1, 0.15) is 0 Å². The van der Waals surface area contributed by atoms with Crippen LogP contribution in [0.4, 0.5) is 0 Å². The van der Waals surface area contributed by atoms with Gasteiger partial charge in [0.25, 0.3) is 0 Å². The standard InChI is InChI=1S/C16H21N5O2/c22-15(13-4-5-13)19-10-7-18(8-11-19)9-12-21-16(23)20-6-2-1-3-14(20)17-21/h1-3,6,13H,4-5,7-12H2.